The zero-order chi connectivity index (χ0) is 19.4. The molecule has 2 aliphatic rings. The summed E-state index contributed by atoms with van der Waals surface area (Å²) < 4.78 is 26.8. The predicted octanol–water partition coefficient (Wildman–Crippen LogP) is 1.73. The first-order chi connectivity index (χ1) is 12.9. The van der Waals surface area contributed by atoms with Crippen molar-refractivity contribution in [2.45, 2.75) is 43.4 Å². The molecule has 2 aliphatic heterocycles. The topological polar surface area (TPSA) is 95.0 Å². The highest BCUT2D eigenvalue weighted by Crippen LogP contribution is 2.22. The Morgan fingerprint density at radius 1 is 0.963 bits per heavy atom. The van der Waals surface area contributed by atoms with Crippen molar-refractivity contribution in [3.63, 3.8) is 0 Å². The van der Waals surface area contributed by atoms with Gasteiger partial charge in [-0.15, -0.1) is 0 Å². The number of sulfonamides is 1. The molecule has 1 aromatic rings. The molecule has 0 aromatic heterocycles. The number of nitrogens with zero attached hydrogens (tertiary/aromatic N) is 2. The summed E-state index contributed by atoms with van der Waals surface area (Å²) in [6.45, 7) is 2.04. The number of hydrogen-bond donors (Lipinski definition) is 1. The molecule has 27 heavy (non-hydrogen) atoms. The highest BCUT2D eigenvalue weighted by atomic mass is 32.2. The van der Waals surface area contributed by atoms with E-state index < -0.39 is 16.0 Å². The van der Waals surface area contributed by atoms with Crippen molar-refractivity contribution in [3.8, 4) is 0 Å². The van der Waals surface area contributed by atoms with Crippen LogP contribution in [0.1, 0.15) is 37.7 Å². The fourth-order valence-corrected chi connectivity index (χ4v) is 5.21. The number of likely N-dealkylation sites (tertiary alicyclic amines) is 1. The van der Waals surface area contributed by atoms with Crippen LogP contribution in [0, 0.1) is 5.92 Å². The minimum absolute atomic E-state index is 0.0505. The summed E-state index contributed by atoms with van der Waals surface area (Å²) in [5, 5.41) is 9.03. The SMILES string of the molecule is O=C(O)C1CCN(C(=O)Cc2ccc(S(=O)(=O)N3CCCCC3)cc2)CC1. The lowest BCUT2D eigenvalue weighted by Crippen LogP contribution is -2.41. The molecule has 2 heterocycles. The third kappa shape index (κ3) is 4.68. The van der Waals surface area contributed by atoms with Gasteiger partial charge in [-0.05, 0) is 43.4 Å². The predicted molar refractivity (Wildman–Crippen MR) is 99.7 cm³/mol. The van der Waals surface area contributed by atoms with Gasteiger partial charge in [-0.3, -0.25) is 9.59 Å². The fourth-order valence-electron chi connectivity index (χ4n) is 3.70. The Morgan fingerprint density at radius 3 is 2.11 bits per heavy atom. The molecule has 0 spiro atoms. The monoisotopic (exact) mass is 394 g/mol. The van der Waals surface area contributed by atoms with Gasteiger partial charge in [-0.2, -0.15) is 4.31 Å². The molecule has 0 unspecified atom stereocenters. The molecule has 0 saturated carbocycles. The summed E-state index contributed by atoms with van der Waals surface area (Å²) in [5.74, 6) is -1.22. The van der Waals surface area contributed by atoms with E-state index in [0.29, 0.717) is 39.0 Å². The van der Waals surface area contributed by atoms with Crippen molar-refractivity contribution in [3.05, 3.63) is 29.8 Å². The van der Waals surface area contributed by atoms with Gasteiger partial charge in [0.05, 0.1) is 17.2 Å². The van der Waals surface area contributed by atoms with Crippen LogP contribution in [0.15, 0.2) is 29.2 Å². The van der Waals surface area contributed by atoms with Crippen molar-refractivity contribution in [1.82, 2.24) is 9.21 Å². The second-order valence-corrected chi connectivity index (χ2v) is 9.22. The second-order valence-electron chi connectivity index (χ2n) is 7.28. The second kappa shape index (κ2) is 8.39. The lowest BCUT2D eigenvalue weighted by Gasteiger charge is -2.30. The van der Waals surface area contributed by atoms with Gasteiger partial charge >= 0.3 is 5.97 Å². The zero-order valence-electron chi connectivity index (χ0n) is 15.3. The number of aliphatic carboxylic acids is 1. The van der Waals surface area contributed by atoms with Crippen LogP contribution in [0.2, 0.25) is 0 Å². The lowest BCUT2D eigenvalue weighted by molar-refractivity contribution is -0.145. The van der Waals surface area contributed by atoms with Crippen LogP contribution in [-0.4, -0.2) is 60.8 Å². The number of carboxylic acids is 1. The highest BCUT2D eigenvalue weighted by molar-refractivity contribution is 7.89. The highest BCUT2D eigenvalue weighted by Gasteiger charge is 2.28. The summed E-state index contributed by atoms with van der Waals surface area (Å²) in [6.07, 6.45) is 4.01. The molecular weight excluding hydrogens is 368 g/mol. The van der Waals surface area contributed by atoms with Crippen molar-refractivity contribution in [1.29, 1.82) is 0 Å². The lowest BCUT2D eigenvalue weighted by atomic mass is 9.96. The molecular formula is C19H26N2O5S. The Labute approximate surface area is 160 Å². The van der Waals surface area contributed by atoms with Crippen LogP contribution in [0.5, 0.6) is 0 Å². The molecule has 0 bridgehead atoms. The average molecular weight is 394 g/mol. The first-order valence-corrected chi connectivity index (χ1v) is 10.9. The quantitative estimate of drug-likeness (QED) is 0.821. The Balaban J connectivity index is 1.59. The normalized spacial score (nSPS) is 19.8. The van der Waals surface area contributed by atoms with E-state index in [9.17, 15) is 18.0 Å². The average Bonchev–Trinajstić information content (AvgIpc) is 2.69. The molecule has 7 nitrogen and oxygen atoms in total. The van der Waals surface area contributed by atoms with Crippen LogP contribution >= 0.6 is 0 Å². The summed E-state index contributed by atoms with van der Waals surface area (Å²) >= 11 is 0. The maximum absolute atomic E-state index is 12.7. The zero-order valence-corrected chi connectivity index (χ0v) is 16.2. The van der Waals surface area contributed by atoms with E-state index in [0.717, 1.165) is 24.8 Å². The van der Waals surface area contributed by atoms with Gasteiger partial charge < -0.3 is 10.0 Å². The van der Waals surface area contributed by atoms with E-state index in [1.54, 1.807) is 29.2 Å². The number of piperidine rings is 2. The first-order valence-electron chi connectivity index (χ1n) is 9.47. The molecule has 0 radical (unpaired) electrons. The van der Waals surface area contributed by atoms with E-state index in [1.165, 1.54) is 4.31 Å². The molecule has 8 heteroatoms. The number of hydrogen-bond acceptors (Lipinski definition) is 4. The van der Waals surface area contributed by atoms with Crippen LogP contribution in [-0.2, 0) is 26.0 Å². The number of carbonyl (C=O) groups excluding carboxylic acids is 1. The molecule has 148 valence electrons. The van der Waals surface area contributed by atoms with Crippen LogP contribution < -0.4 is 0 Å². The minimum Gasteiger partial charge on any atom is -0.481 e. The Kier molecular flexibility index (Phi) is 6.16. The molecule has 1 amide bonds. The van der Waals surface area contributed by atoms with Crippen molar-refractivity contribution in [2.75, 3.05) is 26.2 Å². The van der Waals surface area contributed by atoms with Gasteiger partial charge in [0.15, 0.2) is 0 Å². The third-order valence-corrected chi connectivity index (χ3v) is 7.34. The van der Waals surface area contributed by atoms with E-state index in [-0.39, 0.29) is 23.1 Å². The smallest absolute Gasteiger partial charge is 0.306 e. The van der Waals surface area contributed by atoms with Gasteiger partial charge in [0.1, 0.15) is 0 Å². The molecule has 2 saturated heterocycles. The molecule has 0 atom stereocenters. The van der Waals surface area contributed by atoms with Gasteiger partial charge in [0, 0.05) is 26.2 Å². The number of carbonyl (C=O) groups is 2. The van der Waals surface area contributed by atoms with Gasteiger partial charge in [0.2, 0.25) is 15.9 Å². The molecule has 3 rings (SSSR count). The first kappa shape index (κ1) is 19.8. The minimum atomic E-state index is -3.46. The van der Waals surface area contributed by atoms with Crippen molar-refractivity contribution in [2.24, 2.45) is 5.92 Å². The molecule has 1 aromatic carbocycles. The van der Waals surface area contributed by atoms with Crippen LogP contribution in [0.3, 0.4) is 0 Å². The van der Waals surface area contributed by atoms with Crippen molar-refractivity contribution >= 4 is 21.9 Å². The van der Waals surface area contributed by atoms with Gasteiger partial charge in [-0.25, -0.2) is 8.42 Å². The maximum Gasteiger partial charge on any atom is 0.306 e. The Morgan fingerprint density at radius 2 is 1.56 bits per heavy atom. The van der Waals surface area contributed by atoms with E-state index in [4.69, 9.17) is 5.11 Å². The summed E-state index contributed by atoms with van der Waals surface area (Å²) in [7, 11) is -3.46. The van der Waals surface area contributed by atoms with Crippen LogP contribution in [0.25, 0.3) is 0 Å². The van der Waals surface area contributed by atoms with Crippen molar-refractivity contribution < 1.29 is 23.1 Å². The van der Waals surface area contributed by atoms with E-state index >= 15 is 0 Å². The summed E-state index contributed by atoms with van der Waals surface area (Å²) in [6, 6.07) is 6.53. The van der Waals surface area contributed by atoms with Crippen LogP contribution in [0.4, 0.5) is 0 Å². The number of carboxylic acid groups (broad SMARTS) is 1. The number of rotatable bonds is 5. The molecule has 0 aliphatic carbocycles. The summed E-state index contributed by atoms with van der Waals surface area (Å²) in [4.78, 5) is 25.4. The largest absolute Gasteiger partial charge is 0.481 e. The molecule has 2 fully saturated rings. The fraction of sp³-hybridized carbons (Fsp3) is 0.579. The third-order valence-electron chi connectivity index (χ3n) is 5.43. The number of amides is 1. The van der Waals surface area contributed by atoms with Gasteiger partial charge in [0.25, 0.3) is 0 Å². The van der Waals surface area contributed by atoms with E-state index in [1.807, 2.05) is 0 Å². The Hall–Kier alpha value is -1.93. The van der Waals surface area contributed by atoms with E-state index in [2.05, 4.69) is 0 Å². The standard InChI is InChI=1S/C19H26N2O5S/c22-18(20-12-8-16(9-13-20)19(23)24)14-15-4-6-17(7-5-15)27(25,26)21-10-2-1-3-11-21/h4-7,16H,1-3,8-14H2,(H,23,24). The summed E-state index contributed by atoms with van der Waals surface area (Å²) in [5.41, 5.74) is 0.762. The van der Waals surface area contributed by atoms with Gasteiger partial charge in [-0.1, -0.05) is 18.6 Å². The number of benzene rings is 1. The maximum atomic E-state index is 12.7. The Bertz CT molecular complexity index is 777. The molecule has 1 N–H and O–H groups in total.